The van der Waals surface area contributed by atoms with Gasteiger partial charge < -0.3 is 5.73 Å². The number of anilines is 1. The molecule has 0 aliphatic heterocycles. The number of nitrogens with two attached hydrogens (primary N) is 1. The minimum Gasteiger partial charge on any atom is -0.397 e. The van der Waals surface area contributed by atoms with E-state index < -0.39 is 0 Å². The van der Waals surface area contributed by atoms with Gasteiger partial charge in [-0.3, -0.25) is 4.98 Å². The maximum absolute atomic E-state index is 13.8. The third-order valence-corrected chi connectivity index (χ3v) is 2.92. The van der Waals surface area contributed by atoms with E-state index in [2.05, 4.69) is 20.9 Å². The fraction of sp³-hybridized carbons (Fsp3) is 0.0833. The average Bonchev–Trinajstić information content (AvgIpc) is 2.23. The third-order valence-electron chi connectivity index (χ3n) is 2.31. The van der Waals surface area contributed by atoms with E-state index in [-0.39, 0.29) is 5.82 Å². The summed E-state index contributed by atoms with van der Waals surface area (Å²) in [6.45, 7) is 1.86. The van der Waals surface area contributed by atoms with Crippen molar-refractivity contribution >= 4 is 21.6 Å². The Balaban J connectivity index is 2.63. The number of halogens is 2. The second-order valence-electron chi connectivity index (χ2n) is 3.54. The number of benzene rings is 1. The first-order valence-electron chi connectivity index (χ1n) is 4.76. The standard InChI is InChI=1S/C12H10BrFN2/c1-7-5-8(15)6-16-12(7)9-3-2-4-10(13)11(9)14/h2-6H,15H2,1H3. The fourth-order valence-electron chi connectivity index (χ4n) is 1.57. The lowest BCUT2D eigenvalue weighted by atomic mass is 10.1. The normalized spacial score (nSPS) is 10.4. The van der Waals surface area contributed by atoms with Crippen LogP contribution < -0.4 is 5.73 Å². The largest absolute Gasteiger partial charge is 0.397 e. The van der Waals surface area contributed by atoms with Crippen LogP contribution in [0.1, 0.15) is 5.56 Å². The van der Waals surface area contributed by atoms with E-state index in [1.165, 1.54) is 6.20 Å². The number of hydrogen-bond acceptors (Lipinski definition) is 2. The lowest BCUT2D eigenvalue weighted by Gasteiger charge is -2.07. The molecule has 0 atom stereocenters. The van der Waals surface area contributed by atoms with Gasteiger partial charge in [-0.05, 0) is 46.6 Å². The first-order chi connectivity index (χ1) is 7.59. The molecule has 1 heterocycles. The van der Waals surface area contributed by atoms with Crippen LogP contribution in [0.2, 0.25) is 0 Å². The summed E-state index contributed by atoms with van der Waals surface area (Å²) in [5.74, 6) is -0.303. The maximum Gasteiger partial charge on any atom is 0.146 e. The lowest BCUT2D eigenvalue weighted by molar-refractivity contribution is 0.624. The molecule has 2 aromatic rings. The molecule has 1 aromatic heterocycles. The second-order valence-corrected chi connectivity index (χ2v) is 4.39. The third kappa shape index (κ3) is 1.93. The van der Waals surface area contributed by atoms with E-state index in [0.717, 1.165) is 5.56 Å². The molecule has 0 fully saturated rings. The van der Waals surface area contributed by atoms with Crippen LogP contribution in [0, 0.1) is 12.7 Å². The van der Waals surface area contributed by atoms with Gasteiger partial charge in [0.25, 0.3) is 0 Å². The summed E-state index contributed by atoms with van der Waals surface area (Å²) in [5.41, 5.74) is 8.14. The van der Waals surface area contributed by atoms with Crippen LogP contribution in [-0.4, -0.2) is 4.98 Å². The Bertz CT molecular complexity index is 541. The van der Waals surface area contributed by atoms with Gasteiger partial charge in [0, 0.05) is 5.56 Å². The predicted molar refractivity (Wildman–Crippen MR) is 66.5 cm³/mol. The van der Waals surface area contributed by atoms with Gasteiger partial charge in [-0.2, -0.15) is 0 Å². The highest BCUT2D eigenvalue weighted by atomic mass is 79.9. The molecule has 2 rings (SSSR count). The lowest BCUT2D eigenvalue weighted by Crippen LogP contribution is -1.95. The Morgan fingerprint density at radius 3 is 2.81 bits per heavy atom. The number of aromatic nitrogens is 1. The second kappa shape index (κ2) is 4.22. The summed E-state index contributed by atoms with van der Waals surface area (Å²) in [6.07, 6.45) is 1.53. The van der Waals surface area contributed by atoms with Gasteiger partial charge in [0.2, 0.25) is 0 Å². The highest BCUT2D eigenvalue weighted by molar-refractivity contribution is 9.10. The molecule has 1 aromatic carbocycles. The minimum absolute atomic E-state index is 0.303. The van der Waals surface area contributed by atoms with Crippen LogP contribution in [0.4, 0.5) is 10.1 Å². The van der Waals surface area contributed by atoms with Crippen LogP contribution in [0.15, 0.2) is 34.9 Å². The highest BCUT2D eigenvalue weighted by Crippen LogP contribution is 2.28. The molecular weight excluding hydrogens is 271 g/mol. The molecule has 2 nitrogen and oxygen atoms in total. The summed E-state index contributed by atoms with van der Waals surface area (Å²) >= 11 is 3.15. The van der Waals surface area contributed by atoms with Crippen LogP contribution in [0.3, 0.4) is 0 Å². The number of hydrogen-bond donors (Lipinski definition) is 1. The van der Waals surface area contributed by atoms with E-state index in [1.54, 1.807) is 24.3 Å². The van der Waals surface area contributed by atoms with Crippen molar-refractivity contribution < 1.29 is 4.39 Å². The molecular formula is C12H10BrFN2. The Labute approximate surface area is 101 Å². The van der Waals surface area contributed by atoms with E-state index in [9.17, 15) is 4.39 Å². The van der Waals surface area contributed by atoms with Crippen molar-refractivity contribution in [3.8, 4) is 11.3 Å². The van der Waals surface area contributed by atoms with Crippen LogP contribution in [0.25, 0.3) is 11.3 Å². The molecule has 4 heteroatoms. The summed E-state index contributed by atoms with van der Waals surface area (Å²) in [4.78, 5) is 4.16. The van der Waals surface area contributed by atoms with Gasteiger partial charge in [-0.25, -0.2) is 4.39 Å². The Morgan fingerprint density at radius 1 is 1.38 bits per heavy atom. The monoisotopic (exact) mass is 280 g/mol. The minimum atomic E-state index is -0.303. The Morgan fingerprint density at radius 2 is 2.12 bits per heavy atom. The predicted octanol–water partition coefficient (Wildman–Crippen LogP) is 3.54. The van der Waals surface area contributed by atoms with Gasteiger partial charge in [0.15, 0.2) is 0 Å². The molecule has 0 saturated carbocycles. The fourth-order valence-corrected chi connectivity index (χ4v) is 1.93. The summed E-state index contributed by atoms with van der Waals surface area (Å²) in [7, 11) is 0. The van der Waals surface area contributed by atoms with Crippen LogP contribution >= 0.6 is 15.9 Å². The van der Waals surface area contributed by atoms with Crippen molar-refractivity contribution in [2.75, 3.05) is 5.73 Å². The van der Waals surface area contributed by atoms with E-state index in [4.69, 9.17) is 5.73 Å². The van der Waals surface area contributed by atoms with Crippen LogP contribution in [-0.2, 0) is 0 Å². The summed E-state index contributed by atoms with van der Waals surface area (Å²) in [6, 6.07) is 6.92. The van der Waals surface area contributed by atoms with Crippen molar-refractivity contribution in [2.45, 2.75) is 6.92 Å². The smallest absolute Gasteiger partial charge is 0.146 e. The first kappa shape index (κ1) is 11.1. The highest BCUT2D eigenvalue weighted by Gasteiger charge is 2.11. The topological polar surface area (TPSA) is 38.9 Å². The number of rotatable bonds is 1. The molecule has 0 spiro atoms. The molecule has 0 unspecified atom stereocenters. The summed E-state index contributed by atoms with van der Waals surface area (Å²) in [5, 5.41) is 0. The maximum atomic E-state index is 13.8. The zero-order valence-corrected chi connectivity index (χ0v) is 10.3. The number of nitrogens with zero attached hydrogens (tertiary/aromatic N) is 1. The molecule has 0 saturated heterocycles. The number of aryl methyl sites for hydroxylation is 1. The SMILES string of the molecule is Cc1cc(N)cnc1-c1cccc(Br)c1F. The zero-order chi connectivity index (χ0) is 11.7. The Hall–Kier alpha value is -1.42. The Kier molecular flexibility index (Phi) is 2.92. The molecule has 0 bridgehead atoms. The van der Waals surface area contributed by atoms with Gasteiger partial charge in [-0.1, -0.05) is 6.07 Å². The van der Waals surface area contributed by atoms with E-state index in [0.29, 0.717) is 21.4 Å². The van der Waals surface area contributed by atoms with E-state index in [1.807, 2.05) is 6.92 Å². The zero-order valence-electron chi connectivity index (χ0n) is 8.67. The van der Waals surface area contributed by atoms with Crippen molar-refractivity contribution in [3.63, 3.8) is 0 Å². The van der Waals surface area contributed by atoms with E-state index >= 15 is 0 Å². The number of nitrogen functional groups attached to an aromatic ring is 1. The first-order valence-corrected chi connectivity index (χ1v) is 5.55. The van der Waals surface area contributed by atoms with Gasteiger partial charge >= 0.3 is 0 Å². The van der Waals surface area contributed by atoms with Crippen molar-refractivity contribution in [1.29, 1.82) is 0 Å². The molecule has 0 aliphatic rings. The van der Waals surface area contributed by atoms with Crippen molar-refractivity contribution in [2.24, 2.45) is 0 Å². The molecule has 16 heavy (non-hydrogen) atoms. The summed E-state index contributed by atoms with van der Waals surface area (Å²) < 4.78 is 14.3. The van der Waals surface area contributed by atoms with Gasteiger partial charge in [-0.15, -0.1) is 0 Å². The molecule has 0 amide bonds. The van der Waals surface area contributed by atoms with Gasteiger partial charge in [0.05, 0.1) is 22.1 Å². The van der Waals surface area contributed by atoms with Crippen LogP contribution in [0.5, 0.6) is 0 Å². The van der Waals surface area contributed by atoms with Gasteiger partial charge in [0.1, 0.15) is 5.82 Å². The molecule has 0 radical (unpaired) electrons. The quantitative estimate of drug-likeness (QED) is 0.868. The van der Waals surface area contributed by atoms with Crippen molar-refractivity contribution in [1.82, 2.24) is 4.98 Å². The molecule has 0 aliphatic carbocycles. The number of pyridine rings is 1. The molecule has 2 N–H and O–H groups in total. The van der Waals surface area contributed by atoms with Crippen molar-refractivity contribution in [3.05, 3.63) is 46.3 Å². The average molecular weight is 281 g/mol. The molecule has 82 valence electrons.